The van der Waals surface area contributed by atoms with Crippen LogP contribution < -0.4 is 5.32 Å². The van der Waals surface area contributed by atoms with Crippen molar-refractivity contribution in [1.82, 2.24) is 5.32 Å². The van der Waals surface area contributed by atoms with Crippen LogP contribution in [0.15, 0.2) is 6.07 Å². The van der Waals surface area contributed by atoms with Gasteiger partial charge in [0, 0.05) is 22.3 Å². The van der Waals surface area contributed by atoms with E-state index >= 15 is 0 Å². The predicted molar refractivity (Wildman–Crippen MR) is 70.5 cm³/mol. The van der Waals surface area contributed by atoms with Crippen LogP contribution in [0.4, 0.5) is 0 Å². The Morgan fingerprint density at radius 3 is 2.59 bits per heavy atom. The van der Waals surface area contributed by atoms with E-state index in [0.29, 0.717) is 19.3 Å². The number of thiophene rings is 1. The molecule has 1 aliphatic heterocycles. The zero-order valence-electron chi connectivity index (χ0n) is 11.0. The Bertz CT molecular complexity index is 383. The molecule has 0 aliphatic carbocycles. The number of hydrogen-bond donors (Lipinski definition) is 1. The zero-order valence-corrected chi connectivity index (χ0v) is 11.8. The first kappa shape index (κ1) is 13.0. The minimum atomic E-state index is -0.451. The van der Waals surface area contributed by atoms with E-state index in [9.17, 15) is 0 Å². The van der Waals surface area contributed by atoms with Gasteiger partial charge in [0.05, 0.1) is 13.2 Å². The average molecular weight is 255 g/mol. The summed E-state index contributed by atoms with van der Waals surface area (Å²) in [5.41, 5.74) is 1.38. The smallest absolute Gasteiger partial charge is 0.178 e. The summed E-state index contributed by atoms with van der Waals surface area (Å²) in [4.78, 5) is 2.76. The molecule has 2 heterocycles. The summed E-state index contributed by atoms with van der Waals surface area (Å²) in [7, 11) is 0. The molecule has 1 saturated heterocycles. The molecule has 96 valence electrons. The largest absolute Gasteiger partial charge is 0.347 e. The van der Waals surface area contributed by atoms with Crippen molar-refractivity contribution in [2.24, 2.45) is 0 Å². The lowest BCUT2D eigenvalue weighted by atomic mass is 10.1. The molecule has 1 atom stereocenters. The van der Waals surface area contributed by atoms with Gasteiger partial charge in [0.15, 0.2) is 5.79 Å². The first-order chi connectivity index (χ1) is 8.00. The average Bonchev–Trinajstić information content (AvgIpc) is 2.83. The van der Waals surface area contributed by atoms with E-state index < -0.39 is 5.79 Å². The third kappa shape index (κ3) is 3.07. The monoisotopic (exact) mass is 255 g/mol. The molecular weight excluding hydrogens is 234 g/mol. The van der Waals surface area contributed by atoms with E-state index in [-0.39, 0.29) is 0 Å². The third-order valence-electron chi connectivity index (χ3n) is 3.17. The van der Waals surface area contributed by atoms with E-state index in [1.54, 1.807) is 0 Å². The van der Waals surface area contributed by atoms with Crippen LogP contribution in [0.5, 0.6) is 0 Å². The van der Waals surface area contributed by atoms with Crippen molar-refractivity contribution >= 4 is 11.3 Å². The molecular formula is C13H21NO2S. The van der Waals surface area contributed by atoms with Gasteiger partial charge >= 0.3 is 0 Å². The highest BCUT2D eigenvalue weighted by atomic mass is 32.1. The number of ether oxygens (including phenoxy) is 2. The summed E-state index contributed by atoms with van der Waals surface area (Å²) in [6.45, 7) is 10.6. The van der Waals surface area contributed by atoms with Gasteiger partial charge in [-0.1, -0.05) is 0 Å². The van der Waals surface area contributed by atoms with Crippen LogP contribution in [-0.2, 0) is 9.47 Å². The summed E-state index contributed by atoms with van der Waals surface area (Å²) >= 11 is 1.85. The van der Waals surface area contributed by atoms with Crippen LogP contribution in [-0.4, -0.2) is 25.5 Å². The molecule has 1 unspecified atom stereocenters. The van der Waals surface area contributed by atoms with Crippen LogP contribution in [0, 0.1) is 13.8 Å². The molecule has 0 saturated carbocycles. The highest BCUT2D eigenvalue weighted by Gasteiger charge is 2.31. The second-order valence-electron chi connectivity index (χ2n) is 4.80. The Morgan fingerprint density at radius 2 is 2.06 bits per heavy atom. The fraction of sp³-hybridized carbons (Fsp3) is 0.692. The van der Waals surface area contributed by atoms with Gasteiger partial charge in [-0.15, -0.1) is 11.3 Å². The molecule has 0 spiro atoms. The molecule has 17 heavy (non-hydrogen) atoms. The van der Waals surface area contributed by atoms with Gasteiger partial charge < -0.3 is 14.8 Å². The third-order valence-corrected chi connectivity index (χ3v) is 4.16. The fourth-order valence-electron chi connectivity index (χ4n) is 2.19. The SMILES string of the molecule is Cc1cc(C(C)NCC2(C)OCCO2)c(C)s1. The van der Waals surface area contributed by atoms with Gasteiger partial charge in [0.25, 0.3) is 0 Å². The second-order valence-corrected chi connectivity index (χ2v) is 6.26. The van der Waals surface area contributed by atoms with Gasteiger partial charge in [-0.2, -0.15) is 0 Å². The van der Waals surface area contributed by atoms with Gasteiger partial charge in [0.1, 0.15) is 0 Å². The van der Waals surface area contributed by atoms with E-state index in [0.717, 1.165) is 6.54 Å². The zero-order chi connectivity index (χ0) is 12.5. The molecule has 1 aromatic heterocycles. The fourth-order valence-corrected chi connectivity index (χ4v) is 3.21. The van der Waals surface area contributed by atoms with Crippen molar-refractivity contribution < 1.29 is 9.47 Å². The Morgan fingerprint density at radius 1 is 1.41 bits per heavy atom. The maximum absolute atomic E-state index is 5.58. The molecule has 0 bridgehead atoms. The Balaban J connectivity index is 1.93. The van der Waals surface area contributed by atoms with Gasteiger partial charge in [-0.3, -0.25) is 0 Å². The van der Waals surface area contributed by atoms with E-state index in [4.69, 9.17) is 9.47 Å². The topological polar surface area (TPSA) is 30.5 Å². The van der Waals surface area contributed by atoms with Crippen LogP contribution in [0.25, 0.3) is 0 Å². The van der Waals surface area contributed by atoms with Gasteiger partial charge in [-0.25, -0.2) is 0 Å². The number of hydrogen-bond acceptors (Lipinski definition) is 4. The normalized spacial score (nSPS) is 20.7. The van der Waals surface area contributed by atoms with Gasteiger partial charge in [-0.05, 0) is 39.3 Å². The van der Waals surface area contributed by atoms with Crippen LogP contribution in [0.1, 0.15) is 35.2 Å². The molecule has 1 aliphatic rings. The summed E-state index contributed by atoms with van der Waals surface area (Å²) in [6, 6.07) is 2.60. The maximum atomic E-state index is 5.58. The molecule has 0 radical (unpaired) electrons. The van der Waals surface area contributed by atoms with Crippen LogP contribution in [0.3, 0.4) is 0 Å². The van der Waals surface area contributed by atoms with Crippen molar-refractivity contribution in [3.8, 4) is 0 Å². The standard InChI is InChI=1S/C13H21NO2S/c1-9-7-12(11(3)17-9)10(2)14-8-13(4)15-5-6-16-13/h7,10,14H,5-6,8H2,1-4H3. The number of nitrogens with one attached hydrogen (secondary N) is 1. The Hall–Kier alpha value is -0.420. The molecule has 0 amide bonds. The first-order valence-corrected chi connectivity index (χ1v) is 6.90. The maximum Gasteiger partial charge on any atom is 0.178 e. The molecule has 1 fully saturated rings. The number of rotatable bonds is 4. The lowest BCUT2D eigenvalue weighted by molar-refractivity contribution is -0.139. The summed E-state index contributed by atoms with van der Waals surface area (Å²) in [6.07, 6.45) is 0. The Kier molecular flexibility index (Phi) is 3.88. The summed E-state index contributed by atoms with van der Waals surface area (Å²) in [5.74, 6) is -0.451. The van der Waals surface area contributed by atoms with Crippen molar-refractivity contribution in [1.29, 1.82) is 0 Å². The van der Waals surface area contributed by atoms with E-state index in [1.807, 2.05) is 18.3 Å². The second kappa shape index (κ2) is 5.06. The quantitative estimate of drug-likeness (QED) is 0.897. The van der Waals surface area contributed by atoms with Crippen molar-refractivity contribution in [3.63, 3.8) is 0 Å². The predicted octanol–water partition coefficient (Wildman–Crippen LogP) is 2.78. The van der Waals surface area contributed by atoms with Crippen molar-refractivity contribution in [3.05, 3.63) is 21.4 Å². The van der Waals surface area contributed by atoms with Gasteiger partial charge in [0.2, 0.25) is 0 Å². The van der Waals surface area contributed by atoms with Crippen molar-refractivity contribution in [2.75, 3.05) is 19.8 Å². The minimum absolute atomic E-state index is 0.338. The lowest BCUT2D eigenvalue weighted by Crippen LogP contribution is -2.39. The van der Waals surface area contributed by atoms with E-state index in [2.05, 4.69) is 32.2 Å². The Labute approximate surface area is 107 Å². The summed E-state index contributed by atoms with van der Waals surface area (Å²) < 4.78 is 11.2. The molecule has 3 nitrogen and oxygen atoms in total. The molecule has 4 heteroatoms. The molecule has 1 N–H and O–H groups in total. The lowest BCUT2D eigenvalue weighted by Gasteiger charge is -2.25. The first-order valence-electron chi connectivity index (χ1n) is 6.08. The molecule has 0 aromatic carbocycles. The van der Waals surface area contributed by atoms with Crippen LogP contribution in [0.2, 0.25) is 0 Å². The molecule has 2 rings (SSSR count). The molecule has 1 aromatic rings. The highest BCUT2D eigenvalue weighted by Crippen LogP contribution is 2.27. The summed E-state index contributed by atoms with van der Waals surface area (Å²) in [5, 5.41) is 3.49. The van der Waals surface area contributed by atoms with Crippen molar-refractivity contribution in [2.45, 2.75) is 39.5 Å². The minimum Gasteiger partial charge on any atom is -0.347 e. The number of aryl methyl sites for hydroxylation is 2. The van der Waals surface area contributed by atoms with E-state index in [1.165, 1.54) is 15.3 Å². The highest BCUT2D eigenvalue weighted by molar-refractivity contribution is 7.12. The van der Waals surface area contributed by atoms with Crippen LogP contribution >= 0.6 is 11.3 Å².